The molecule has 0 saturated heterocycles. The van der Waals surface area contributed by atoms with Crippen LogP contribution in [0.3, 0.4) is 0 Å². The molecule has 9 heavy (non-hydrogen) atoms. The van der Waals surface area contributed by atoms with Crippen LogP contribution in [-0.4, -0.2) is 12.8 Å². The first kappa shape index (κ1) is 8.47. The first-order chi connectivity index (χ1) is 4.27. The lowest BCUT2D eigenvalue weighted by atomic mass is 10.2. The summed E-state index contributed by atoms with van der Waals surface area (Å²) in [4.78, 5) is 4.86. The van der Waals surface area contributed by atoms with Gasteiger partial charge in [-0.1, -0.05) is 19.0 Å². The lowest BCUT2D eigenvalue weighted by Crippen LogP contribution is -1.96. The van der Waals surface area contributed by atoms with Crippen LogP contribution in [0, 0.1) is 12.8 Å². The Morgan fingerprint density at radius 3 is 2.78 bits per heavy atom. The molecule has 0 bridgehead atoms. The highest BCUT2D eigenvalue weighted by Crippen LogP contribution is 1.91. The van der Waals surface area contributed by atoms with Crippen LogP contribution in [0.5, 0.6) is 0 Å². The number of rotatable bonds is 4. The molecule has 0 heterocycles. The third kappa shape index (κ3) is 7.47. The second-order valence-electron chi connectivity index (χ2n) is 2.27. The Balaban J connectivity index is 2.99. The topological polar surface area (TPSA) is 21.6 Å². The summed E-state index contributed by atoms with van der Waals surface area (Å²) >= 11 is 0. The van der Waals surface area contributed by atoms with Gasteiger partial charge < -0.3 is 4.84 Å². The summed E-state index contributed by atoms with van der Waals surface area (Å²) in [6.45, 7) is 8.43. The monoisotopic (exact) mass is 128 g/mol. The van der Waals surface area contributed by atoms with Crippen molar-refractivity contribution in [2.45, 2.75) is 20.3 Å². The highest BCUT2D eigenvalue weighted by molar-refractivity contribution is 5.56. The second kappa shape index (κ2) is 5.60. The molecule has 0 unspecified atom stereocenters. The van der Waals surface area contributed by atoms with Crippen LogP contribution >= 0.6 is 0 Å². The predicted octanol–water partition coefficient (Wildman–Crippen LogP) is 1.87. The molecule has 0 aromatic carbocycles. The molecule has 0 aliphatic heterocycles. The molecule has 0 amide bonds. The Hall–Kier alpha value is -0.530. The average molecular weight is 128 g/mol. The lowest BCUT2D eigenvalue weighted by Gasteiger charge is -1.99. The van der Waals surface area contributed by atoms with Gasteiger partial charge in [-0.05, 0) is 19.3 Å². The van der Waals surface area contributed by atoms with Crippen LogP contribution in [-0.2, 0) is 4.84 Å². The van der Waals surface area contributed by atoms with Gasteiger partial charge in [-0.3, -0.25) is 0 Å². The summed E-state index contributed by atoms with van der Waals surface area (Å²) in [6, 6.07) is 0. The fourth-order valence-electron chi connectivity index (χ4n) is 0.298. The number of oxime groups is 1. The van der Waals surface area contributed by atoms with Crippen molar-refractivity contribution in [2.75, 3.05) is 6.61 Å². The van der Waals surface area contributed by atoms with Crippen molar-refractivity contribution in [2.24, 2.45) is 11.1 Å². The molecule has 0 fully saturated rings. The Kier molecular flexibility index (Phi) is 5.27. The molecule has 0 N–H and O–H groups in total. The molecular weight excluding hydrogens is 114 g/mol. The van der Waals surface area contributed by atoms with Crippen LogP contribution in [0.2, 0.25) is 0 Å². The van der Waals surface area contributed by atoms with E-state index in [0.29, 0.717) is 18.9 Å². The second-order valence-corrected chi connectivity index (χ2v) is 2.27. The van der Waals surface area contributed by atoms with E-state index in [9.17, 15) is 0 Å². The van der Waals surface area contributed by atoms with Gasteiger partial charge in [-0.15, -0.1) is 0 Å². The molecule has 0 saturated carbocycles. The Morgan fingerprint density at radius 1 is 1.67 bits per heavy atom. The van der Waals surface area contributed by atoms with Crippen molar-refractivity contribution in [1.29, 1.82) is 0 Å². The molecule has 0 aromatic heterocycles. The van der Waals surface area contributed by atoms with Crippen LogP contribution in [0.25, 0.3) is 0 Å². The maximum absolute atomic E-state index is 4.86. The van der Waals surface area contributed by atoms with Crippen LogP contribution < -0.4 is 0 Å². The minimum Gasteiger partial charge on any atom is -0.396 e. The van der Waals surface area contributed by atoms with E-state index in [2.05, 4.69) is 25.9 Å². The van der Waals surface area contributed by atoms with Crippen molar-refractivity contribution in [3.8, 4) is 0 Å². The van der Waals surface area contributed by atoms with Crippen molar-refractivity contribution in [1.82, 2.24) is 0 Å². The average Bonchev–Trinajstić information content (AvgIpc) is 1.80. The first-order valence-corrected chi connectivity index (χ1v) is 3.20. The van der Waals surface area contributed by atoms with Gasteiger partial charge in [-0.25, -0.2) is 0 Å². The predicted molar refractivity (Wildman–Crippen MR) is 39.3 cm³/mol. The van der Waals surface area contributed by atoms with E-state index in [0.717, 1.165) is 0 Å². The third-order valence-corrected chi connectivity index (χ3v) is 0.686. The Bertz CT molecular complexity index is 79.0. The van der Waals surface area contributed by atoms with Gasteiger partial charge in [0.25, 0.3) is 0 Å². The standard InChI is InChI=1S/C7H14NO/c1-4-5-8-9-6-7(2)3/h5,7H,1,4,6H2,2-3H3/b8-5+. The zero-order valence-corrected chi connectivity index (χ0v) is 6.13. The molecule has 53 valence electrons. The van der Waals surface area contributed by atoms with Gasteiger partial charge in [0.2, 0.25) is 0 Å². The maximum atomic E-state index is 4.86. The first-order valence-electron chi connectivity index (χ1n) is 3.20. The Labute approximate surface area is 56.9 Å². The quantitative estimate of drug-likeness (QED) is 0.418. The van der Waals surface area contributed by atoms with E-state index in [-0.39, 0.29) is 0 Å². The van der Waals surface area contributed by atoms with Gasteiger partial charge in [0.1, 0.15) is 6.61 Å². The summed E-state index contributed by atoms with van der Waals surface area (Å²) in [5.74, 6) is 0.548. The smallest absolute Gasteiger partial charge is 0.119 e. The van der Waals surface area contributed by atoms with E-state index >= 15 is 0 Å². The summed E-state index contributed by atoms with van der Waals surface area (Å²) in [5.41, 5.74) is 0. The third-order valence-electron chi connectivity index (χ3n) is 0.686. The van der Waals surface area contributed by atoms with Crippen LogP contribution in [0.15, 0.2) is 5.16 Å². The number of hydrogen-bond donors (Lipinski definition) is 0. The van der Waals surface area contributed by atoms with Gasteiger partial charge in [0.15, 0.2) is 0 Å². The lowest BCUT2D eigenvalue weighted by molar-refractivity contribution is 0.119. The summed E-state index contributed by atoms with van der Waals surface area (Å²) in [7, 11) is 0. The maximum Gasteiger partial charge on any atom is 0.119 e. The minimum atomic E-state index is 0.548. The van der Waals surface area contributed by atoms with E-state index in [1.54, 1.807) is 6.21 Å². The zero-order valence-electron chi connectivity index (χ0n) is 6.13. The summed E-state index contributed by atoms with van der Waals surface area (Å²) in [6.07, 6.45) is 2.35. The molecule has 2 nitrogen and oxygen atoms in total. The molecule has 0 spiro atoms. The highest BCUT2D eigenvalue weighted by atomic mass is 16.6. The summed E-state index contributed by atoms with van der Waals surface area (Å²) in [5, 5.41) is 3.64. The number of hydrogen-bond acceptors (Lipinski definition) is 2. The molecule has 0 aliphatic carbocycles. The van der Waals surface area contributed by atoms with Crippen molar-refractivity contribution < 1.29 is 4.84 Å². The minimum absolute atomic E-state index is 0.548. The van der Waals surface area contributed by atoms with Crippen molar-refractivity contribution >= 4 is 6.21 Å². The molecule has 0 aromatic rings. The Morgan fingerprint density at radius 2 is 2.33 bits per heavy atom. The molecule has 2 heteroatoms. The molecule has 0 aliphatic rings. The van der Waals surface area contributed by atoms with E-state index in [4.69, 9.17) is 4.84 Å². The van der Waals surface area contributed by atoms with Crippen LogP contribution in [0.4, 0.5) is 0 Å². The van der Waals surface area contributed by atoms with Gasteiger partial charge in [0, 0.05) is 6.21 Å². The van der Waals surface area contributed by atoms with E-state index < -0.39 is 0 Å². The van der Waals surface area contributed by atoms with Gasteiger partial charge in [-0.2, -0.15) is 0 Å². The van der Waals surface area contributed by atoms with E-state index in [1.165, 1.54) is 0 Å². The van der Waals surface area contributed by atoms with Gasteiger partial charge >= 0.3 is 0 Å². The van der Waals surface area contributed by atoms with E-state index in [1.807, 2.05) is 0 Å². The fourth-order valence-corrected chi connectivity index (χ4v) is 0.298. The highest BCUT2D eigenvalue weighted by Gasteiger charge is 1.89. The van der Waals surface area contributed by atoms with Crippen molar-refractivity contribution in [3.05, 3.63) is 6.92 Å². The molecule has 1 radical (unpaired) electrons. The summed E-state index contributed by atoms with van der Waals surface area (Å²) < 4.78 is 0. The molecule has 0 rings (SSSR count). The number of nitrogens with zero attached hydrogens (tertiary/aromatic N) is 1. The molecular formula is C7H14NO. The molecule has 0 atom stereocenters. The normalized spacial score (nSPS) is 11.1. The van der Waals surface area contributed by atoms with Gasteiger partial charge in [0.05, 0.1) is 0 Å². The zero-order chi connectivity index (χ0) is 7.11. The van der Waals surface area contributed by atoms with Crippen molar-refractivity contribution in [3.63, 3.8) is 0 Å². The largest absolute Gasteiger partial charge is 0.396 e. The van der Waals surface area contributed by atoms with Crippen LogP contribution in [0.1, 0.15) is 20.3 Å². The SMILES string of the molecule is [CH2]C/C=N/OCC(C)C. The fraction of sp³-hybridized carbons (Fsp3) is 0.714.